The predicted octanol–water partition coefficient (Wildman–Crippen LogP) is 4.75. The van der Waals surface area contributed by atoms with Crippen LogP contribution in [0.2, 0.25) is 0 Å². The van der Waals surface area contributed by atoms with Crippen molar-refractivity contribution in [2.24, 2.45) is 0 Å². The first-order valence-corrected chi connectivity index (χ1v) is 8.73. The van der Waals surface area contributed by atoms with E-state index < -0.39 is 0 Å². The Hall–Kier alpha value is -3.01. The van der Waals surface area contributed by atoms with Crippen LogP contribution in [-0.4, -0.2) is 23.6 Å². The van der Waals surface area contributed by atoms with Crippen LogP contribution in [0.25, 0.3) is 5.69 Å². The Labute approximate surface area is 154 Å². The van der Waals surface area contributed by atoms with Gasteiger partial charge in [-0.25, -0.2) is 0 Å². The summed E-state index contributed by atoms with van der Waals surface area (Å²) < 4.78 is 13.2. The molecular weight excluding hydrogens is 326 g/mol. The topological polar surface area (TPSA) is 40.5 Å². The van der Waals surface area contributed by atoms with Crippen molar-refractivity contribution in [1.82, 2.24) is 4.57 Å². The lowest BCUT2D eigenvalue weighted by Crippen LogP contribution is -2.12. The molecule has 0 amide bonds. The van der Waals surface area contributed by atoms with E-state index >= 15 is 0 Å². The fourth-order valence-electron chi connectivity index (χ4n) is 3.07. The Balaban J connectivity index is 1.76. The Morgan fingerprint density at radius 2 is 1.62 bits per heavy atom. The maximum Gasteiger partial charge on any atom is 0.202 e. The number of carbonyl (C=O) groups excluding carboxylic acids is 1. The first-order valence-electron chi connectivity index (χ1n) is 8.73. The molecule has 2 aromatic carbocycles. The lowest BCUT2D eigenvalue weighted by atomic mass is 10.1. The van der Waals surface area contributed by atoms with Crippen molar-refractivity contribution in [2.45, 2.75) is 20.8 Å². The number of benzene rings is 2. The van der Waals surface area contributed by atoms with E-state index in [-0.39, 0.29) is 12.4 Å². The van der Waals surface area contributed by atoms with Gasteiger partial charge in [0, 0.05) is 28.7 Å². The Bertz CT molecular complexity index is 897. The zero-order valence-electron chi connectivity index (χ0n) is 15.4. The molecule has 3 rings (SSSR count). The predicted molar refractivity (Wildman–Crippen MR) is 103 cm³/mol. The SMILES string of the molecule is CCOc1cccc(OCC(=O)c2cc(C)n(-c3ccccc3)c2C)c1. The van der Waals surface area contributed by atoms with Crippen LogP contribution >= 0.6 is 0 Å². The van der Waals surface area contributed by atoms with Crippen molar-refractivity contribution in [3.63, 3.8) is 0 Å². The number of ether oxygens (including phenoxy) is 2. The van der Waals surface area contributed by atoms with Crippen molar-refractivity contribution in [3.8, 4) is 17.2 Å². The molecule has 0 aliphatic carbocycles. The fraction of sp³-hybridized carbons (Fsp3) is 0.227. The van der Waals surface area contributed by atoms with Crippen LogP contribution in [0.3, 0.4) is 0 Å². The minimum absolute atomic E-state index is 0.00530. The molecule has 0 aliphatic rings. The van der Waals surface area contributed by atoms with Gasteiger partial charge in [0.2, 0.25) is 5.78 Å². The molecule has 0 bridgehead atoms. The molecule has 0 aliphatic heterocycles. The van der Waals surface area contributed by atoms with E-state index in [1.165, 1.54) is 0 Å². The molecule has 4 heteroatoms. The molecule has 0 N–H and O–H groups in total. The number of nitrogens with zero attached hydrogens (tertiary/aromatic N) is 1. The van der Waals surface area contributed by atoms with Gasteiger partial charge in [-0.15, -0.1) is 0 Å². The van der Waals surface area contributed by atoms with Gasteiger partial charge < -0.3 is 14.0 Å². The average Bonchev–Trinajstić information content (AvgIpc) is 2.95. The van der Waals surface area contributed by atoms with Crippen molar-refractivity contribution >= 4 is 5.78 Å². The van der Waals surface area contributed by atoms with Crippen molar-refractivity contribution in [1.29, 1.82) is 0 Å². The van der Waals surface area contributed by atoms with Gasteiger partial charge in [-0.1, -0.05) is 24.3 Å². The van der Waals surface area contributed by atoms with Gasteiger partial charge in [0.1, 0.15) is 11.5 Å². The van der Waals surface area contributed by atoms with E-state index in [0.29, 0.717) is 17.9 Å². The molecule has 0 unspecified atom stereocenters. The first kappa shape index (κ1) is 17.8. The lowest BCUT2D eigenvalue weighted by Gasteiger charge is -2.10. The van der Waals surface area contributed by atoms with Gasteiger partial charge in [0.05, 0.1) is 6.61 Å². The first-order chi connectivity index (χ1) is 12.6. The number of hydrogen-bond acceptors (Lipinski definition) is 3. The third-order valence-corrected chi connectivity index (χ3v) is 4.23. The Kier molecular flexibility index (Phi) is 5.42. The summed E-state index contributed by atoms with van der Waals surface area (Å²) in [5.41, 5.74) is 3.68. The number of para-hydroxylation sites is 1. The molecule has 3 aromatic rings. The fourth-order valence-corrected chi connectivity index (χ4v) is 3.07. The molecular formula is C22H23NO3. The number of hydrogen-bond donors (Lipinski definition) is 0. The van der Waals surface area contributed by atoms with Crippen LogP contribution in [-0.2, 0) is 0 Å². The molecule has 0 fully saturated rings. The third-order valence-electron chi connectivity index (χ3n) is 4.23. The summed E-state index contributed by atoms with van der Waals surface area (Å²) in [6, 6.07) is 19.3. The maximum absolute atomic E-state index is 12.7. The molecule has 4 nitrogen and oxygen atoms in total. The van der Waals surface area contributed by atoms with Gasteiger partial charge in [0.15, 0.2) is 6.61 Å². The zero-order chi connectivity index (χ0) is 18.5. The highest BCUT2D eigenvalue weighted by molar-refractivity contribution is 5.98. The van der Waals surface area contributed by atoms with E-state index in [9.17, 15) is 4.79 Å². The van der Waals surface area contributed by atoms with Gasteiger partial charge in [-0.05, 0) is 51.1 Å². The van der Waals surface area contributed by atoms with Gasteiger partial charge in [0.25, 0.3) is 0 Å². The van der Waals surface area contributed by atoms with Crippen molar-refractivity contribution in [2.75, 3.05) is 13.2 Å². The highest BCUT2D eigenvalue weighted by Crippen LogP contribution is 2.23. The number of carbonyl (C=O) groups is 1. The molecule has 0 radical (unpaired) electrons. The summed E-state index contributed by atoms with van der Waals surface area (Å²) in [5, 5.41) is 0. The quantitative estimate of drug-likeness (QED) is 0.578. The molecule has 0 spiro atoms. The van der Waals surface area contributed by atoms with E-state index in [1.54, 1.807) is 6.07 Å². The molecule has 134 valence electrons. The largest absolute Gasteiger partial charge is 0.494 e. The zero-order valence-corrected chi connectivity index (χ0v) is 15.4. The van der Waals surface area contributed by atoms with Crippen molar-refractivity contribution < 1.29 is 14.3 Å². The molecule has 1 aromatic heterocycles. The minimum atomic E-state index is -0.0397. The summed E-state index contributed by atoms with van der Waals surface area (Å²) in [6.07, 6.45) is 0. The molecule has 0 saturated carbocycles. The number of ketones is 1. The number of aromatic nitrogens is 1. The molecule has 26 heavy (non-hydrogen) atoms. The smallest absolute Gasteiger partial charge is 0.202 e. The van der Waals surface area contributed by atoms with Crippen LogP contribution in [0.5, 0.6) is 11.5 Å². The summed E-state index contributed by atoms with van der Waals surface area (Å²) in [4.78, 5) is 12.7. The second kappa shape index (κ2) is 7.91. The minimum Gasteiger partial charge on any atom is -0.494 e. The lowest BCUT2D eigenvalue weighted by molar-refractivity contribution is 0.0920. The summed E-state index contributed by atoms with van der Waals surface area (Å²) in [6.45, 7) is 6.48. The van der Waals surface area contributed by atoms with Gasteiger partial charge >= 0.3 is 0 Å². The van der Waals surface area contributed by atoms with Crippen LogP contribution in [0.4, 0.5) is 0 Å². The summed E-state index contributed by atoms with van der Waals surface area (Å²) >= 11 is 0. The summed E-state index contributed by atoms with van der Waals surface area (Å²) in [7, 11) is 0. The number of rotatable bonds is 7. The van der Waals surface area contributed by atoms with Gasteiger partial charge in [-0.3, -0.25) is 4.79 Å². The molecule has 0 saturated heterocycles. The monoisotopic (exact) mass is 349 g/mol. The second-order valence-corrected chi connectivity index (χ2v) is 6.08. The standard InChI is InChI=1S/C22H23NO3/c1-4-25-19-11-8-12-20(14-19)26-15-22(24)21-13-16(2)23(17(21)3)18-9-6-5-7-10-18/h5-14H,4,15H2,1-3H3. The van der Waals surface area contributed by atoms with E-state index in [2.05, 4.69) is 4.57 Å². The highest BCUT2D eigenvalue weighted by atomic mass is 16.5. The van der Waals surface area contributed by atoms with Crippen LogP contribution in [0.1, 0.15) is 28.7 Å². The van der Waals surface area contributed by atoms with E-state index in [0.717, 1.165) is 22.8 Å². The van der Waals surface area contributed by atoms with Crippen molar-refractivity contribution in [3.05, 3.63) is 77.6 Å². The maximum atomic E-state index is 12.7. The van der Waals surface area contributed by atoms with Gasteiger partial charge in [-0.2, -0.15) is 0 Å². The van der Waals surface area contributed by atoms with Crippen LogP contribution < -0.4 is 9.47 Å². The van der Waals surface area contributed by atoms with Crippen LogP contribution in [0, 0.1) is 13.8 Å². The Morgan fingerprint density at radius 1 is 0.923 bits per heavy atom. The second-order valence-electron chi connectivity index (χ2n) is 6.08. The average molecular weight is 349 g/mol. The Morgan fingerprint density at radius 3 is 2.31 bits per heavy atom. The summed E-state index contributed by atoms with van der Waals surface area (Å²) in [5.74, 6) is 1.32. The number of Topliss-reactive ketones (excluding diaryl/α,β-unsaturated/α-hetero) is 1. The normalized spacial score (nSPS) is 10.6. The van der Waals surface area contributed by atoms with Crippen LogP contribution in [0.15, 0.2) is 60.7 Å². The molecule has 1 heterocycles. The highest BCUT2D eigenvalue weighted by Gasteiger charge is 2.17. The van der Waals surface area contributed by atoms with E-state index in [1.807, 2.05) is 75.4 Å². The number of aryl methyl sites for hydroxylation is 1. The third kappa shape index (κ3) is 3.80. The molecule has 0 atom stereocenters. The van der Waals surface area contributed by atoms with E-state index in [4.69, 9.17) is 9.47 Å².